The normalized spacial score (nSPS) is 10.3. The predicted octanol–water partition coefficient (Wildman–Crippen LogP) is 1.32. The van der Waals surface area contributed by atoms with Crippen LogP contribution in [0.2, 0.25) is 0 Å². The third-order valence-electron chi connectivity index (χ3n) is 2.25. The topological polar surface area (TPSA) is 68.0 Å². The van der Waals surface area contributed by atoms with Crippen LogP contribution in [0.15, 0.2) is 11.6 Å². The van der Waals surface area contributed by atoms with E-state index in [0.717, 1.165) is 30.7 Å². The highest BCUT2D eigenvalue weighted by Crippen LogP contribution is 2.03. The van der Waals surface area contributed by atoms with Crippen molar-refractivity contribution >= 4 is 17.2 Å². The Hall–Kier alpha value is -0.940. The first-order chi connectivity index (χ1) is 7.83. The van der Waals surface area contributed by atoms with Crippen molar-refractivity contribution in [2.24, 2.45) is 5.73 Å². The molecule has 0 saturated heterocycles. The molecule has 1 amide bonds. The van der Waals surface area contributed by atoms with Crippen molar-refractivity contribution in [3.63, 3.8) is 0 Å². The van der Waals surface area contributed by atoms with Gasteiger partial charge in [-0.1, -0.05) is 6.42 Å². The number of carbonyl (C=O) groups excluding carboxylic acids is 1. The molecule has 0 aliphatic heterocycles. The Kier molecular flexibility index (Phi) is 6.76. The minimum atomic E-state index is 0.133. The third kappa shape index (κ3) is 5.82. The number of unbranched alkanes of at least 4 members (excludes halogenated alkanes) is 2. The van der Waals surface area contributed by atoms with Crippen molar-refractivity contribution in [3.8, 4) is 0 Å². The molecule has 1 heterocycles. The Morgan fingerprint density at radius 2 is 2.31 bits per heavy atom. The van der Waals surface area contributed by atoms with E-state index in [2.05, 4.69) is 10.3 Å². The SMILES string of the molecule is NCCCCCC(=O)NCCc1nccs1. The maximum Gasteiger partial charge on any atom is 0.220 e. The third-order valence-corrected chi connectivity index (χ3v) is 3.09. The zero-order chi connectivity index (χ0) is 11.6. The zero-order valence-corrected chi connectivity index (χ0v) is 10.3. The van der Waals surface area contributed by atoms with Gasteiger partial charge >= 0.3 is 0 Å². The molecule has 0 aliphatic rings. The number of hydrogen-bond acceptors (Lipinski definition) is 4. The summed E-state index contributed by atoms with van der Waals surface area (Å²) in [5.41, 5.74) is 5.37. The van der Waals surface area contributed by atoms with Crippen molar-refractivity contribution < 1.29 is 4.79 Å². The van der Waals surface area contributed by atoms with E-state index in [1.54, 1.807) is 17.5 Å². The highest BCUT2D eigenvalue weighted by molar-refractivity contribution is 7.09. The molecule has 0 spiro atoms. The van der Waals surface area contributed by atoms with E-state index in [0.29, 0.717) is 19.5 Å². The summed E-state index contributed by atoms with van der Waals surface area (Å²) >= 11 is 1.62. The largest absolute Gasteiger partial charge is 0.356 e. The van der Waals surface area contributed by atoms with Gasteiger partial charge in [0, 0.05) is 31.0 Å². The van der Waals surface area contributed by atoms with Crippen LogP contribution >= 0.6 is 11.3 Å². The Balaban J connectivity index is 1.98. The van der Waals surface area contributed by atoms with E-state index >= 15 is 0 Å². The van der Waals surface area contributed by atoms with Gasteiger partial charge in [0.2, 0.25) is 5.91 Å². The number of carbonyl (C=O) groups is 1. The molecule has 0 radical (unpaired) electrons. The molecule has 1 rings (SSSR count). The summed E-state index contributed by atoms with van der Waals surface area (Å²) in [6, 6.07) is 0. The molecule has 0 aromatic carbocycles. The zero-order valence-electron chi connectivity index (χ0n) is 9.45. The fourth-order valence-electron chi connectivity index (χ4n) is 1.38. The first-order valence-electron chi connectivity index (χ1n) is 5.68. The number of amides is 1. The van der Waals surface area contributed by atoms with Crippen LogP contribution in [0.5, 0.6) is 0 Å². The Morgan fingerprint density at radius 3 is 3.00 bits per heavy atom. The second kappa shape index (κ2) is 8.24. The fourth-order valence-corrected chi connectivity index (χ4v) is 2.00. The lowest BCUT2D eigenvalue weighted by molar-refractivity contribution is -0.121. The molecule has 4 nitrogen and oxygen atoms in total. The highest BCUT2D eigenvalue weighted by atomic mass is 32.1. The molecule has 16 heavy (non-hydrogen) atoms. The summed E-state index contributed by atoms with van der Waals surface area (Å²) in [5, 5.41) is 5.92. The number of nitrogens with zero attached hydrogens (tertiary/aromatic N) is 1. The van der Waals surface area contributed by atoms with Crippen molar-refractivity contribution in [1.29, 1.82) is 0 Å². The fraction of sp³-hybridized carbons (Fsp3) is 0.636. The van der Waals surface area contributed by atoms with Crippen molar-refractivity contribution in [1.82, 2.24) is 10.3 Å². The van der Waals surface area contributed by atoms with Crippen molar-refractivity contribution in [2.45, 2.75) is 32.1 Å². The van der Waals surface area contributed by atoms with E-state index in [4.69, 9.17) is 5.73 Å². The smallest absolute Gasteiger partial charge is 0.220 e. The van der Waals surface area contributed by atoms with E-state index < -0.39 is 0 Å². The Labute approximate surface area is 100 Å². The molecule has 0 saturated carbocycles. The summed E-state index contributed by atoms with van der Waals surface area (Å²) < 4.78 is 0. The predicted molar refractivity (Wildman–Crippen MR) is 66.4 cm³/mol. The monoisotopic (exact) mass is 241 g/mol. The second-order valence-electron chi connectivity index (χ2n) is 3.63. The van der Waals surface area contributed by atoms with Crippen LogP contribution in [0.1, 0.15) is 30.7 Å². The summed E-state index contributed by atoms with van der Waals surface area (Å²) in [5.74, 6) is 0.133. The van der Waals surface area contributed by atoms with Gasteiger partial charge in [0.15, 0.2) is 0 Å². The van der Waals surface area contributed by atoms with Crippen LogP contribution in [0.3, 0.4) is 0 Å². The molecule has 90 valence electrons. The van der Waals surface area contributed by atoms with Crippen LogP contribution in [-0.2, 0) is 11.2 Å². The van der Waals surface area contributed by atoms with Gasteiger partial charge in [-0.15, -0.1) is 11.3 Å². The average Bonchev–Trinajstić information content (AvgIpc) is 2.77. The van der Waals surface area contributed by atoms with Crippen molar-refractivity contribution in [2.75, 3.05) is 13.1 Å². The molecule has 0 aliphatic carbocycles. The highest BCUT2D eigenvalue weighted by Gasteiger charge is 2.01. The molecule has 1 aromatic rings. The number of aromatic nitrogens is 1. The van der Waals surface area contributed by atoms with Crippen LogP contribution < -0.4 is 11.1 Å². The molecule has 5 heteroatoms. The lowest BCUT2D eigenvalue weighted by atomic mass is 10.2. The molecule has 3 N–H and O–H groups in total. The van der Waals surface area contributed by atoms with Crippen LogP contribution in [0, 0.1) is 0 Å². The van der Waals surface area contributed by atoms with Gasteiger partial charge in [0.1, 0.15) is 0 Å². The number of thiazole rings is 1. The van der Waals surface area contributed by atoms with Crippen LogP contribution in [-0.4, -0.2) is 24.0 Å². The minimum Gasteiger partial charge on any atom is -0.356 e. The van der Waals surface area contributed by atoms with Gasteiger partial charge in [-0.25, -0.2) is 4.98 Å². The maximum atomic E-state index is 11.4. The number of nitrogens with one attached hydrogen (secondary N) is 1. The number of nitrogens with two attached hydrogens (primary N) is 1. The summed E-state index contributed by atoms with van der Waals surface area (Å²) in [7, 11) is 0. The number of rotatable bonds is 8. The van der Waals surface area contributed by atoms with Crippen LogP contribution in [0.4, 0.5) is 0 Å². The molecular weight excluding hydrogens is 222 g/mol. The lowest BCUT2D eigenvalue weighted by Crippen LogP contribution is -2.25. The number of hydrogen-bond donors (Lipinski definition) is 2. The van der Waals surface area contributed by atoms with E-state index in [-0.39, 0.29) is 5.91 Å². The lowest BCUT2D eigenvalue weighted by Gasteiger charge is -2.03. The molecule has 0 bridgehead atoms. The minimum absolute atomic E-state index is 0.133. The molecule has 0 unspecified atom stereocenters. The maximum absolute atomic E-state index is 11.4. The second-order valence-corrected chi connectivity index (χ2v) is 4.60. The summed E-state index contributed by atoms with van der Waals surface area (Å²) in [6.45, 7) is 1.40. The van der Waals surface area contributed by atoms with Gasteiger partial charge in [-0.2, -0.15) is 0 Å². The van der Waals surface area contributed by atoms with E-state index in [1.165, 1.54) is 0 Å². The summed E-state index contributed by atoms with van der Waals surface area (Å²) in [6.07, 6.45) is 6.20. The molecule has 0 atom stereocenters. The van der Waals surface area contributed by atoms with Gasteiger partial charge in [0.25, 0.3) is 0 Å². The molecular formula is C11H19N3OS. The molecule has 0 fully saturated rings. The van der Waals surface area contributed by atoms with Gasteiger partial charge in [-0.05, 0) is 19.4 Å². The quantitative estimate of drug-likeness (QED) is 0.674. The van der Waals surface area contributed by atoms with Gasteiger partial charge in [-0.3, -0.25) is 4.79 Å². The summed E-state index contributed by atoms with van der Waals surface area (Å²) in [4.78, 5) is 15.5. The average molecular weight is 241 g/mol. The van der Waals surface area contributed by atoms with E-state index in [1.807, 2.05) is 5.38 Å². The Bertz CT molecular complexity index is 287. The first kappa shape index (κ1) is 13.1. The first-order valence-corrected chi connectivity index (χ1v) is 6.56. The van der Waals surface area contributed by atoms with Crippen molar-refractivity contribution in [3.05, 3.63) is 16.6 Å². The van der Waals surface area contributed by atoms with Gasteiger partial charge in [0.05, 0.1) is 5.01 Å². The van der Waals surface area contributed by atoms with E-state index in [9.17, 15) is 4.79 Å². The van der Waals surface area contributed by atoms with Gasteiger partial charge < -0.3 is 11.1 Å². The van der Waals surface area contributed by atoms with Crippen LogP contribution in [0.25, 0.3) is 0 Å². The standard InChI is InChI=1S/C11H19N3OS/c12-6-3-1-2-4-10(15)13-7-5-11-14-8-9-16-11/h8-9H,1-7,12H2,(H,13,15). The molecule has 1 aromatic heterocycles. The Morgan fingerprint density at radius 1 is 1.44 bits per heavy atom.